The highest BCUT2D eigenvalue weighted by molar-refractivity contribution is 5.81. The summed E-state index contributed by atoms with van der Waals surface area (Å²) in [7, 11) is 0. The quantitative estimate of drug-likeness (QED) is 0.159. The molecule has 0 amide bonds. The van der Waals surface area contributed by atoms with E-state index in [1.54, 1.807) is 0 Å². The Morgan fingerprint density at radius 1 is 0.647 bits per heavy atom. The Labute approximate surface area is 175 Å². The summed E-state index contributed by atoms with van der Waals surface area (Å²) in [4.78, 5) is 10.6. The summed E-state index contributed by atoms with van der Waals surface area (Å²) in [5.41, 5.74) is 0. The molecule has 0 rings (SSSR count). The third-order valence-electron chi connectivity index (χ3n) is 3.95. The first-order valence-corrected chi connectivity index (χ1v) is 7.75. The van der Waals surface area contributed by atoms with E-state index in [2.05, 4.69) is 11.3 Å². The summed E-state index contributed by atoms with van der Waals surface area (Å²) in [6, 6.07) is 0. The second kappa shape index (κ2) is 8.87. The van der Waals surface area contributed by atoms with Gasteiger partial charge in [-0.2, -0.15) is 70.2 Å². The zero-order valence-electron chi connectivity index (χ0n) is 15.4. The van der Waals surface area contributed by atoms with Crippen LogP contribution >= 0.6 is 0 Å². The number of carbonyl (C=O) groups is 1. The van der Waals surface area contributed by atoms with Crippen molar-refractivity contribution < 1.29 is 88.6 Å². The fraction of sp³-hybridized carbons (Fsp3) is 0.786. The Morgan fingerprint density at radius 2 is 0.971 bits per heavy atom. The molecule has 0 saturated carbocycles. The normalized spacial score (nSPS) is 15.5. The van der Waals surface area contributed by atoms with Crippen LogP contribution in [0.2, 0.25) is 0 Å². The summed E-state index contributed by atoms with van der Waals surface area (Å²) < 4.78 is 240. The number of hydrogen-bond donors (Lipinski definition) is 0. The monoisotopic (exact) mass is 550 g/mol. The Balaban J connectivity index is 6.54. The van der Waals surface area contributed by atoms with Gasteiger partial charge in [0, 0.05) is 6.08 Å². The number of esters is 1. The van der Waals surface area contributed by atoms with Gasteiger partial charge < -0.3 is 4.74 Å². The van der Waals surface area contributed by atoms with E-state index in [1.165, 1.54) is 0 Å². The topological polar surface area (TPSA) is 26.3 Å². The first-order valence-electron chi connectivity index (χ1n) is 7.75. The maximum Gasteiger partial charge on any atom is 0.385 e. The molecule has 0 atom stereocenters. The van der Waals surface area contributed by atoms with E-state index in [0.29, 0.717) is 0 Å². The molecule has 0 aromatic carbocycles. The Hall–Kier alpha value is -2.05. The van der Waals surface area contributed by atoms with Crippen molar-refractivity contribution in [3.05, 3.63) is 12.7 Å². The molecule has 0 aliphatic heterocycles. The Bertz CT molecular complexity index is 756. The molecule has 0 bridgehead atoms. The predicted octanol–water partition coefficient (Wildman–Crippen LogP) is 6.45. The van der Waals surface area contributed by atoms with Crippen molar-refractivity contribution in [1.82, 2.24) is 0 Å². The van der Waals surface area contributed by atoms with Crippen LogP contribution in [-0.2, 0) is 9.53 Å². The molecule has 0 radical (unpaired) electrons. The molecule has 0 aromatic heterocycles. The van der Waals surface area contributed by atoms with Crippen LogP contribution in [0.4, 0.5) is 79.0 Å². The van der Waals surface area contributed by atoms with Gasteiger partial charge in [-0.1, -0.05) is 6.58 Å². The molecule has 0 aliphatic rings. The van der Waals surface area contributed by atoms with Crippen LogP contribution in [0.1, 0.15) is 6.42 Å². The van der Waals surface area contributed by atoms with Crippen molar-refractivity contribution in [2.75, 3.05) is 6.61 Å². The molecule has 202 valence electrons. The average molecular weight is 550 g/mol. The number of hydrogen-bond acceptors (Lipinski definition) is 2. The van der Waals surface area contributed by atoms with E-state index < -0.39 is 72.8 Å². The van der Waals surface area contributed by atoms with Crippen molar-refractivity contribution in [1.29, 1.82) is 0 Å². The van der Waals surface area contributed by atoms with E-state index in [4.69, 9.17) is 0 Å². The van der Waals surface area contributed by atoms with E-state index in [9.17, 15) is 83.8 Å². The van der Waals surface area contributed by atoms with E-state index in [0.717, 1.165) is 0 Å². The fourth-order valence-corrected chi connectivity index (χ4v) is 1.86. The molecule has 0 spiro atoms. The van der Waals surface area contributed by atoms with E-state index in [1.807, 2.05) is 0 Å². The van der Waals surface area contributed by atoms with Crippen LogP contribution < -0.4 is 0 Å². The fourth-order valence-electron chi connectivity index (χ4n) is 1.86. The Kier molecular flexibility index (Phi) is 8.33. The molecule has 0 unspecified atom stereocenters. The van der Waals surface area contributed by atoms with Crippen molar-refractivity contribution in [3.63, 3.8) is 0 Å². The Morgan fingerprint density at radius 3 is 1.29 bits per heavy atom. The lowest BCUT2D eigenvalue weighted by molar-refractivity contribution is -0.457. The van der Waals surface area contributed by atoms with Gasteiger partial charge in [0.25, 0.3) is 0 Å². The number of carbonyl (C=O) groups excluding carboxylic acids is 1. The highest BCUT2D eigenvalue weighted by Crippen LogP contribution is 2.64. The lowest BCUT2D eigenvalue weighted by Gasteiger charge is -2.43. The van der Waals surface area contributed by atoms with Gasteiger partial charge in [0.15, 0.2) is 0 Å². The second-order valence-electron chi connectivity index (χ2n) is 6.20. The van der Waals surface area contributed by atoms with Gasteiger partial charge in [-0.3, -0.25) is 0 Å². The average Bonchev–Trinajstić information content (AvgIpc) is 2.66. The van der Waals surface area contributed by atoms with Crippen LogP contribution in [0.15, 0.2) is 12.7 Å². The molecular formula is C14H8F18O2. The highest BCUT2D eigenvalue weighted by Gasteiger charge is 2.95. The predicted molar refractivity (Wildman–Crippen MR) is 71.4 cm³/mol. The van der Waals surface area contributed by atoms with Gasteiger partial charge >= 0.3 is 59.8 Å². The smallest absolute Gasteiger partial charge is 0.385 e. The van der Waals surface area contributed by atoms with Gasteiger partial charge in [-0.25, -0.2) is 13.6 Å². The molecule has 2 nitrogen and oxygen atoms in total. The summed E-state index contributed by atoms with van der Waals surface area (Å²) in [5.74, 6) is -66.7. The van der Waals surface area contributed by atoms with Crippen molar-refractivity contribution >= 4 is 5.97 Å². The van der Waals surface area contributed by atoms with Crippen molar-refractivity contribution in [3.8, 4) is 0 Å². The first kappa shape index (κ1) is 31.9. The molecule has 34 heavy (non-hydrogen) atoms. The van der Waals surface area contributed by atoms with Crippen molar-refractivity contribution in [2.45, 2.75) is 60.2 Å². The first-order chi connectivity index (χ1) is 14.6. The van der Waals surface area contributed by atoms with Gasteiger partial charge in [-0.05, 0) is 0 Å². The standard InChI is InChI=1S/C14H8F18O2/c1-2-5(33)34-4-3-7(17,18)9(21,22)11(25,26)13(29,30)14(31,32)12(27,28)10(23,24)8(19,20)6(15)16/h2,6H,1,3-4H2. The summed E-state index contributed by atoms with van der Waals surface area (Å²) in [5, 5.41) is 0. The zero-order valence-corrected chi connectivity index (χ0v) is 15.4. The second-order valence-corrected chi connectivity index (χ2v) is 6.20. The van der Waals surface area contributed by atoms with Crippen LogP contribution in [0, 0.1) is 0 Å². The molecule has 0 N–H and O–H groups in total. The van der Waals surface area contributed by atoms with E-state index >= 15 is 0 Å². The van der Waals surface area contributed by atoms with Gasteiger partial charge in [0.05, 0.1) is 13.0 Å². The maximum absolute atomic E-state index is 13.5. The minimum absolute atomic E-state index is 0.178. The largest absolute Gasteiger partial charge is 0.462 e. The van der Waals surface area contributed by atoms with Crippen LogP contribution in [0.25, 0.3) is 0 Å². The zero-order chi connectivity index (χ0) is 28.0. The van der Waals surface area contributed by atoms with Gasteiger partial charge in [0.1, 0.15) is 0 Å². The summed E-state index contributed by atoms with van der Waals surface area (Å²) in [6.45, 7) is 0.621. The molecule has 0 aliphatic carbocycles. The lowest BCUT2D eigenvalue weighted by atomic mass is 9.87. The van der Waals surface area contributed by atoms with Gasteiger partial charge in [-0.15, -0.1) is 0 Å². The van der Waals surface area contributed by atoms with Crippen LogP contribution in [0.3, 0.4) is 0 Å². The van der Waals surface area contributed by atoms with E-state index in [-0.39, 0.29) is 6.08 Å². The molecule has 0 heterocycles. The summed E-state index contributed by atoms with van der Waals surface area (Å²) in [6.07, 6.45) is -8.72. The minimum atomic E-state index is -8.78. The van der Waals surface area contributed by atoms with Crippen LogP contribution in [-0.4, -0.2) is 66.4 Å². The minimum Gasteiger partial charge on any atom is -0.462 e. The highest BCUT2D eigenvalue weighted by atomic mass is 19.4. The molecule has 0 fully saturated rings. The third-order valence-corrected chi connectivity index (χ3v) is 3.95. The maximum atomic E-state index is 13.5. The van der Waals surface area contributed by atoms with Crippen LogP contribution in [0.5, 0.6) is 0 Å². The molecular weight excluding hydrogens is 542 g/mol. The lowest BCUT2D eigenvalue weighted by Crippen LogP contribution is -2.75. The molecule has 0 saturated heterocycles. The number of ether oxygens (including phenoxy) is 1. The molecule has 20 heteroatoms. The summed E-state index contributed by atoms with van der Waals surface area (Å²) >= 11 is 0. The third kappa shape index (κ3) is 4.35. The van der Waals surface area contributed by atoms with Gasteiger partial charge in [0.2, 0.25) is 0 Å². The number of rotatable bonds is 12. The molecule has 0 aromatic rings. The SMILES string of the molecule is C=CC(=O)OCCC(F)(F)C(F)(F)C(F)(F)C(F)(F)C(F)(F)C(F)(F)C(F)(F)C(F)(F)C(F)F. The number of alkyl halides is 18. The van der Waals surface area contributed by atoms with Crippen molar-refractivity contribution in [2.24, 2.45) is 0 Å². The number of halogens is 18.